The van der Waals surface area contributed by atoms with Crippen molar-refractivity contribution in [3.8, 4) is 0 Å². The Bertz CT molecular complexity index is 2570. The molecule has 0 aromatic carbocycles. The van der Waals surface area contributed by atoms with Crippen molar-refractivity contribution in [1.82, 2.24) is 24.7 Å². The van der Waals surface area contributed by atoms with Gasteiger partial charge in [0.25, 0.3) is 11.7 Å². The van der Waals surface area contributed by atoms with Gasteiger partial charge in [-0.15, -0.1) is 0 Å². The predicted octanol–water partition coefficient (Wildman–Crippen LogP) is 4.96. The molecule has 21 nitrogen and oxygen atoms in total. The molecular weight excluding hydrogens is 1070 g/mol. The van der Waals surface area contributed by atoms with E-state index in [9.17, 15) is 44.1 Å². The maximum absolute atomic E-state index is 14.6. The molecule has 0 spiro atoms. The zero-order chi connectivity index (χ0) is 60.3. The molecule has 6 aliphatic rings. The van der Waals surface area contributed by atoms with E-state index in [2.05, 4.69) is 21.8 Å². The highest BCUT2D eigenvalue weighted by atomic mass is 16.6. The minimum atomic E-state index is -2.49. The van der Waals surface area contributed by atoms with Crippen LogP contribution in [0.1, 0.15) is 130 Å². The quantitative estimate of drug-likeness (QED) is 0.160. The molecule has 3 saturated heterocycles. The lowest BCUT2D eigenvalue weighted by Crippen LogP contribution is -2.61. The van der Waals surface area contributed by atoms with Crippen LogP contribution in [0, 0.1) is 29.6 Å². The first-order valence-electron chi connectivity index (χ1n) is 30.1. The smallest absolute Gasteiger partial charge is 0.410 e. The number of nitrogens with zero attached hydrogens (tertiary/aromatic N) is 6. The maximum atomic E-state index is 14.6. The van der Waals surface area contributed by atoms with Crippen LogP contribution in [0.4, 0.5) is 10.7 Å². The minimum Gasteiger partial charge on any atom is -0.459 e. The zero-order valence-corrected chi connectivity index (χ0v) is 50.4. The van der Waals surface area contributed by atoms with Gasteiger partial charge in [0.1, 0.15) is 36.2 Å². The normalized spacial score (nSPS) is 36.3. The van der Waals surface area contributed by atoms with Gasteiger partial charge in [-0.2, -0.15) is 0 Å². The molecule has 6 heterocycles. The Morgan fingerprint density at radius 2 is 1.60 bits per heavy atom. The first-order chi connectivity index (χ1) is 39.5. The Balaban J connectivity index is 1.08. The van der Waals surface area contributed by atoms with Crippen LogP contribution < -0.4 is 10.6 Å². The van der Waals surface area contributed by atoms with Gasteiger partial charge in [-0.05, 0) is 108 Å². The molecule has 2 bridgehead atoms. The van der Waals surface area contributed by atoms with E-state index in [4.69, 9.17) is 34.4 Å². The van der Waals surface area contributed by atoms with Crippen molar-refractivity contribution in [2.75, 3.05) is 65.4 Å². The topological polar surface area (TPSA) is 274 Å². The van der Waals surface area contributed by atoms with E-state index in [-0.39, 0.29) is 49.6 Å². The number of piperazine rings is 1. The Kier molecular flexibility index (Phi) is 23.4. The third kappa shape index (κ3) is 16.6. The van der Waals surface area contributed by atoms with Crippen molar-refractivity contribution in [1.29, 1.82) is 0 Å². The number of likely N-dealkylation sites (N-methyl/N-ethyl adjacent to an activating group) is 1. The molecular formula is C62H93N7O14. The standard InChI is InChI=1S/C62H93N7O14/c1-37-15-11-10-12-16-38(2)51(79-8)33-45-20-18-42(6)62(78,83-45)57(74)58(75)69-23-14-13-17-48(69)59(76)81-52(34-49(70)39(3)30-41(5)55(72)56(73)54(71)40(4)29-37)46(63)31-43-19-21-50(53(32-43)80-9)82-61(77)68-24-22-47-44(36-68)35-64-60(65-47)67-27-25-66(7)26-28-67/h10-12,15-16,30,35,37,39-40,42-43,45-46,48,50-53,55-56,72-73,78H,13-14,17-29,31-34,36,63H2,1-9H3/b12-10+,15-11+,38-16+,41-30+/t37-,39-,40-,42-,43+,45+,46-,48+,50-,51+,52+,53-,55-,56+,62-/m1/s1. The minimum absolute atomic E-state index is 0.0194. The van der Waals surface area contributed by atoms with Crippen LogP contribution in [0.2, 0.25) is 0 Å². The van der Waals surface area contributed by atoms with Gasteiger partial charge >= 0.3 is 12.1 Å². The van der Waals surface area contributed by atoms with Crippen LogP contribution in [0.3, 0.4) is 0 Å². The molecule has 1 aliphatic carbocycles. The molecule has 5 N–H and O–H groups in total. The molecule has 5 aliphatic heterocycles. The molecule has 83 heavy (non-hydrogen) atoms. The number of hydrogen-bond acceptors (Lipinski definition) is 19. The molecule has 1 saturated carbocycles. The number of rotatable bonds is 7. The van der Waals surface area contributed by atoms with Crippen LogP contribution in [-0.4, -0.2) is 196 Å². The number of fused-ring (bicyclic) bond motifs is 4. The summed E-state index contributed by atoms with van der Waals surface area (Å²) in [7, 11) is 5.21. The number of aromatic nitrogens is 2. The lowest BCUT2D eigenvalue weighted by atomic mass is 9.80. The number of hydrogen-bond donors (Lipinski definition) is 4. The molecule has 21 heteroatoms. The number of cyclic esters (lactones) is 1. The molecule has 2 amide bonds. The number of nitrogens with two attached hydrogens (primary N) is 1. The molecule has 0 radical (unpaired) electrons. The van der Waals surface area contributed by atoms with E-state index in [1.54, 1.807) is 46.1 Å². The van der Waals surface area contributed by atoms with Crippen molar-refractivity contribution in [3.63, 3.8) is 0 Å². The molecule has 15 atom stereocenters. The van der Waals surface area contributed by atoms with E-state index >= 15 is 0 Å². The van der Waals surface area contributed by atoms with Crippen LogP contribution in [-0.2, 0) is 60.6 Å². The Morgan fingerprint density at radius 3 is 2.33 bits per heavy atom. The van der Waals surface area contributed by atoms with E-state index in [0.717, 1.165) is 47.9 Å². The highest BCUT2D eigenvalue weighted by molar-refractivity contribution is 6.39. The number of piperidine rings is 1. The molecule has 1 aromatic rings. The van der Waals surface area contributed by atoms with Gasteiger partial charge in [0.15, 0.2) is 5.78 Å². The Morgan fingerprint density at radius 1 is 0.855 bits per heavy atom. The van der Waals surface area contributed by atoms with Gasteiger partial charge in [-0.3, -0.25) is 19.2 Å². The van der Waals surface area contributed by atoms with E-state index in [1.807, 2.05) is 44.2 Å². The van der Waals surface area contributed by atoms with E-state index in [1.165, 1.54) is 13.0 Å². The average molecular weight is 1160 g/mol. The molecule has 1 aromatic heterocycles. The summed E-state index contributed by atoms with van der Waals surface area (Å²) in [4.78, 5) is 102. The Hall–Kier alpha value is -5.26. The van der Waals surface area contributed by atoms with Crippen LogP contribution >= 0.6 is 0 Å². The van der Waals surface area contributed by atoms with Crippen molar-refractivity contribution in [2.45, 2.75) is 192 Å². The summed E-state index contributed by atoms with van der Waals surface area (Å²) in [6.45, 7) is 14.6. The van der Waals surface area contributed by atoms with Gasteiger partial charge in [-0.25, -0.2) is 19.6 Å². The fraction of sp³-hybridized carbons (Fsp3) is 0.710. The lowest BCUT2D eigenvalue weighted by Gasteiger charge is -2.42. The number of methoxy groups -OCH3 is 2. The van der Waals surface area contributed by atoms with Crippen LogP contribution in [0.5, 0.6) is 0 Å². The van der Waals surface area contributed by atoms with Gasteiger partial charge in [-0.1, -0.05) is 64.2 Å². The average Bonchev–Trinajstić information content (AvgIpc) is 3.32. The number of ketones is 3. The number of anilines is 1. The van der Waals surface area contributed by atoms with Gasteiger partial charge in [0, 0.05) is 108 Å². The van der Waals surface area contributed by atoms with E-state index < -0.39 is 114 Å². The summed E-state index contributed by atoms with van der Waals surface area (Å²) in [6.07, 6.45) is 9.95. The fourth-order valence-corrected chi connectivity index (χ4v) is 12.6. The van der Waals surface area contributed by atoms with Crippen molar-refractivity contribution < 1.29 is 67.8 Å². The number of esters is 1. The van der Waals surface area contributed by atoms with Crippen LogP contribution in [0.25, 0.3) is 0 Å². The third-order valence-electron chi connectivity index (χ3n) is 18.2. The summed E-state index contributed by atoms with van der Waals surface area (Å²) in [6, 6.07) is -2.19. The summed E-state index contributed by atoms with van der Waals surface area (Å²) in [5, 5.41) is 34.5. The number of allylic oxidation sites excluding steroid dienone is 6. The zero-order valence-electron chi connectivity index (χ0n) is 50.4. The summed E-state index contributed by atoms with van der Waals surface area (Å²) < 4.78 is 30.4. The summed E-state index contributed by atoms with van der Waals surface area (Å²) >= 11 is 0. The van der Waals surface area contributed by atoms with Crippen molar-refractivity contribution in [3.05, 3.63) is 65.1 Å². The monoisotopic (exact) mass is 1160 g/mol. The second-order valence-electron chi connectivity index (χ2n) is 24.5. The van der Waals surface area contributed by atoms with Gasteiger partial charge in [0.05, 0.1) is 30.6 Å². The van der Waals surface area contributed by atoms with Gasteiger partial charge < -0.3 is 64.3 Å². The number of aliphatic hydroxyl groups is 3. The summed E-state index contributed by atoms with van der Waals surface area (Å²) in [5.74, 6) is -8.35. The second-order valence-corrected chi connectivity index (χ2v) is 24.5. The number of carbonyl (C=O) groups is 6. The summed E-state index contributed by atoms with van der Waals surface area (Å²) in [5.41, 5.74) is 9.87. The highest BCUT2D eigenvalue weighted by Gasteiger charge is 2.53. The second kappa shape index (κ2) is 29.7. The lowest BCUT2D eigenvalue weighted by molar-refractivity contribution is -0.265. The van der Waals surface area contributed by atoms with E-state index in [0.29, 0.717) is 76.8 Å². The molecule has 7 rings (SSSR count). The molecule has 4 fully saturated rings. The number of ether oxygens (including phenoxy) is 5. The highest BCUT2D eigenvalue weighted by Crippen LogP contribution is 2.38. The number of amides is 2. The fourth-order valence-electron chi connectivity index (χ4n) is 12.6. The largest absolute Gasteiger partial charge is 0.459 e. The molecule has 0 unspecified atom stereocenters. The first kappa shape index (κ1) is 65.3. The predicted molar refractivity (Wildman–Crippen MR) is 309 cm³/mol. The third-order valence-corrected chi connectivity index (χ3v) is 18.2. The first-order valence-corrected chi connectivity index (χ1v) is 30.1. The van der Waals surface area contributed by atoms with Crippen molar-refractivity contribution in [2.24, 2.45) is 35.3 Å². The maximum Gasteiger partial charge on any atom is 0.410 e. The number of aliphatic hydroxyl groups excluding tert-OH is 2. The van der Waals surface area contributed by atoms with Crippen molar-refractivity contribution >= 4 is 41.3 Å². The SMILES string of the molecule is CO[C@H]1C[C@@H]2CC[C@@H](C)[C@@](O)(O2)C(=O)C(=O)N2CCCC[C@H]2C(=O)O[C@H]([C@H](N)C[C@@H]2CC[C@@H](OC(=O)N3CCc4nc(N5CCN(C)CC5)ncc4C3)[C@H](OC)C2)CC(=O)[C@H](C)/C=C(\C)[C@@H](O)[C@@H](O)C(=O)[C@H](C)C[C@H](C)/C=C/C=C/C=C/1C. The van der Waals surface area contributed by atoms with Gasteiger partial charge in [0.2, 0.25) is 11.7 Å². The number of carbonyl (C=O) groups excluding carboxylic acids is 6. The Labute approximate surface area is 490 Å². The number of Topliss-reactive ketones (excluding diaryl/α,β-unsaturated/α-hetero) is 3. The molecule has 460 valence electrons. The van der Waals surface area contributed by atoms with Crippen LogP contribution in [0.15, 0.2) is 53.8 Å².